The number of alkyl halides is 5. The molecule has 0 saturated heterocycles. The van der Waals surface area contributed by atoms with Crippen molar-refractivity contribution >= 4 is 13.7 Å². The van der Waals surface area contributed by atoms with Crippen LogP contribution in [0.15, 0.2) is 36.5 Å². The van der Waals surface area contributed by atoms with Crippen LogP contribution in [0.5, 0.6) is 0 Å². The number of rotatable bonds is 2. The molecular weight excluding hydrogens is 393 g/mol. The summed E-state index contributed by atoms with van der Waals surface area (Å²) in [5.41, 5.74) is 2.89. The van der Waals surface area contributed by atoms with Crippen molar-refractivity contribution in [1.29, 1.82) is 0 Å². The fraction of sp³-hybridized carbons (Fsp3) is 0.263. The highest BCUT2D eigenvalue weighted by Crippen LogP contribution is 2.32. The van der Waals surface area contributed by atoms with E-state index in [2.05, 4.69) is 21.5 Å². The quantitative estimate of drug-likeness (QED) is 0.314. The molecule has 28 heavy (non-hydrogen) atoms. The van der Waals surface area contributed by atoms with Gasteiger partial charge in [0.2, 0.25) is 0 Å². The van der Waals surface area contributed by atoms with Crippen LogP contribution in [0.4, 0.5) is 22.0 Å². The van der Waals surface area contributed by atoms with Crippen LogP contribution >= 0.6 is 0 Å². The Morgan fingerprint density at radius 3 is 2.25 bits per heavy atom. The van der Waals surface area contributed by atoms with E-state index < -0.39 is 31.9 Å². The Labute approximate surface area is 159 Å². The average Bonchev–Trinajstić information content (AvgIpc) is 3.00. The van der Waals surface area contributed by atoms with Gasteiger partial charge in [0.15, 0.2) is 5.65 Å². The van der Waals surface area contributed by atoms with Crippen molar-refractivity contribution in [3.8, 4) is 22.7 Å². The van der Waals surface area contributed by atoms with Gasteiger partial charge in [-0.15, -0.1) is 5.54 Å². The van der Waals surface area contributed by atoms with E-state index in [1.807, 2.05) is 19.6 Å². The lowest BCUT2D eigenvalue weighted by molar-refractivity contribution is -0.137. The van der Waals surface area contributed by atoms with E-state index in [1.165, 1.54) is 18.3 Å². The van der Waals surface area contributed by atoms with Gasteiger partial charge in [0.05, 0.1) is 23.0 Å². The third-order valence-electron chi connectivity index (χ3n) is 3.80. The molecule has 2 heterocycles. The largest absolute Gasteiger partial charge is 0.416 e. The summed E-state index contributed by atoms with van der Waals surface area (Å²) >= 11 is 0. The summed E-state index contributed by atoms with van der Waals surface area (Å²) in [6.07, 6.45) is -5.94. The normalized spacial score (nSPS) is 12.3. The van der Waals surface area contributed by atoms with E-state index in [1.54, 1.807) is 0 Å². The van der Waals surface area contributed by atoms with Gasteiger partial charge >= 0.3 is 6.18 Å². The number of halogens is 5. The van der Waals surface area contributed by atoms with Crippen molar-refractivity contribution in [2.24, 2.45) is 0 Å². The van der Waals surface area contributed by atoms with Crippen molar-refractivity contribution in [3.05, 3.63) is 53.3 Å². The summed E-state index contributed by atoms with van der Waals surface area (Å²) in [7, 11) is -1.72. The molecule has 0 radical (unpaired) electrons. The first-order valence-corrected chi connectivity index (χ1v) is 11.8. The number of fused-ring (bicyclic) bond motifs is 1. The minimum atomic E-state index is -4.48. The molecule has 3 rings (SSSR count). The zero-order valence-corrected chi connectivity index (χ0v) is 16.3. The maximum absolute atomic E-state index is 13.5. The molecule has 0 aliphatic rings. The summed E-state index contributed by atoms with van der Waals surface area (Å²) < 4.78 is 66.3. The average molecular weight is 409 g/mol. The van der Waals surface area contributed by atoms with E-state index in [4.69, 9.17) is 0 Å². The third kappa shape index (κ3) is 4.22. The molecule has 0 saturated carbocycles. The minimum Gasteiger partial charge on any atom is -0.227 e. The Morgan fingerprint density at radius 1 is 1.07 bits per heavy atom. The summed E-state index contributed by atoms with van der Waals surface area (Å²) in [6.45, 7) is 6.12. The van der Waals surface area contributed by atoms with E-state index in [0.29, 0.717) is 11.1 Å². The molecule has 146 valence electrons. The van der Waals surface area contributed by atoms with Crippen LogP contribution in [0.1, 0.15) is 23.2 Å². The zero-order valence-electron chi connectivity index (χ0n) is 15.3. The van der Waals surface area contributed by atoms with Crippen LogP contribution in [0, 0.1) is 11.5 Å². The van der Waals surface area contributed by atoms with Crippen molar-refractivity contribution in [2.75, 3.05) is 0 Å². The van der Waals surface area contributed by atoms with Crippen molar-refractivity contribution in [3.63, 3.8) is 0 Å². The van der Waals surface area contributed by atoms with Crippen LogP contribution in [0.25, 0.3) is 16.9 Å². The first-order chi connectivity index (χ1) is 13.0. The minimum absolute atomic E-state index is 0.132. The fourth-order valence-electron chi connectivity index (χ4n) is 2.46. The Hall–Kier alpha value is -2.73. The summed E-state index contributed by atoms with van der Waals surface area (Å²) in [5, 5.41) is 3.96. The Balaban J connectivity index is 2.16. The number of hydrogen-bond acceptors (Lipinski definition) is 2. The van der Waals surface area contributed by atoms with E-state index >= 15 is 0 Å². The molecule has 0 N–H and O–H groups in total. The number of benzene rings is 1. The van der Waals surface area contributed by atoms with Crippen molar-refractivity contribution in [1.82, 2.24) is 14.6 Å². The molecule has 9 heteroatoms. The molecule has 3 nitrogen and oxygen atoms in total. The summed E-state index contributed by atoms with van der Waals surface area (Å²) in [5.74, 6) is 2.95. The fourth-order valence-corrected chi connectivity index (χ4v) is 2.97. The maximum Gasteiger partial charge on any atom is 0.416 e. The lowest BCUT2D eigenvalue weighted by Crippen LogP contribution is -2.16. The topological polar surface area (TPSA) is 30.2 Å². The maximum atomic E-state index is 13.5. The Morgan fingerprint density at radius 2 is 1.71 bits per heavy atom. The van der Waals surface area contributed by atoms with Gasteiger partial charge in [-0.25, -0.2) is 18.3 Å². The highest BCUT2D eigenvalue weighted by Gasteiger charge is 2.30. The molecule has 0 aliphatic carbocycles. The van der Waals surface area contributed by atoms with E-state index in [0.717, 1.165) is 22.7 Å². The molecule has 2 aromatic heterocycles. The van der Waals surface area contributed by atoms with Gasteiger partial charge in [-0.1, -0.05) is 37.7 Å². The lowest BCUT2D eigenvalue weighted by atomic mass is 10.1. The first-order valence-electron chi connectivity index (χ1n) is 8.33. The predicted molar refractivity (Wildman–Crippen MR) is 98.6 cm³/mol. The lowest BCUT2D eigenvalue weighted by Gasteiger charge is -2.10. The smallest absolute Gasteiger partial charge is 0.227 e. The SMILES string of the molecule is C[Si](C)(C)C#Cc1cnn2c(C(F)F)cc(-c3ccc(C(F)(F)F)cc3)nc12. The van der Waals surface area contributed by atoms with Gasteiger partial charge < -0.3 is 0 Å². The van der Waals surface area contributed by atoms with Crippen LogP contribution in [0.2, 0.25) is 19.6 Å². The van der Waals surface area contributed by atoms with Crippen molar-refractivity contribution < 1.29 is 22.0 Å². The number of nitrogens with zero attached hydrogens (tertiary/aromatic N) is 3. The molecule has 0 aliphatic heterocycles. The molecule has 0 amide bonds. The molecule has 0 atom stereocenters. The highest BCUT2D eigenvalue weighted by molar-refractivity contribution is 6.83. The standard InChI is InChI=1S/C19H16F5N3Si/c1-28(2,3)9-8-13-11-25-27-16(17(20)21)10-15(26-18(13)27)12-4-6-14(7-5-12)19(22,23)24/h4-7,10-11,17H,1-3H3. The van der Waals surface area contributed by atoms with Gasteiger partial charge in [-0.05, 0) is 18.2 Å². The van der Waals surface area contributed by atoms with Gasteiger partial charge in [-0.2, -0.15) is 18.3 Å². The molecule has 1 aromatic carbocycles. The molecular formula is C19H16F5N3Si. The second kappa shape index (κ2) is 7.02. The molecule has 0 fully saturated rings. The first kappa shape index (κ1) is 20.0. The van der Waals surface area contributed by atoms with E-state index in [-0.39, 0.29) is 11.3 Å². The molecule has 0 unspecified atom stereocenters. The van der Waals surface area contributed by atoms with Gasteiger partial charge in [0.25, 0.3) is 6.43 Å². The molecule has 3 aromatic rings. The highest BCUT2D eigenvalue weighted by atomic mass is 28.3. The van der Waals surface area contributed by atoms with Crippen LogP contribution in [-0.2, 0) is 6.18 Å². The van der Waals surface area contributed by atoms with Crippen molar-refractivity contribution in [2.45, 2.75) is 32.2 Å². The van der Waals surface area contributed by atoms with Gasteiger partial charge in [0, 0.05) is 5.56 Å². The van der Waals surface area contributed by atoms with Crippen LogP contribution < -0.4 is 0 Å². The third-order valence-corrected chi connectivity index (χ3v) is 4.68. The Bertz CT molecular complexity index is 1070. The summed E-state index contributed by atoms with van der Waals surface area (Å²) in [6, 6.07) is 5.33. The van der Waals surface area contributed by atoms with E-state index in [9.17, 15) is 22.0 Å². The van der Waals surface area contributed by atoms with Gasteiger partial charge in [0.1, 0.15) is 13.8 Å². The molecule has 0 spiro atoms. The molecule has 0 bridgehead atoms. The monoisotopic (exact) mass is 409 g/mol. The summed E-state index contributed by atoms with van der Waals surface area (Å²) in [4.78, 5) is 4.34. The van der Waals surface area contributed by atoms with Crippen LogP contribution in [0.3, 0.4) is 0 Å². The van der Waals surface area contributed by atoms with Crippen LogP contribution in [-0.4, -0.2) is 22.7 Å². The second-order valence-corrected chi connectivity index (χ2v) is 12.0. The second-order valence-electron chi connectivity index (χ2n) is 7.24. The zero-order chi connectivity index (χ0) is 20.7. The number of aromatic nitrogens is 3. The Kier molecular flexibility index (Phi) is 5.02. The number of hydrogen-bond donors (Lipinski definition) is 0. The van der Waals surface area contributed by atoms with Gasteiger partial charge in [-0.3, -0.25) is 0 Å². The predicted octanol–water partition coefficient (Wildman–Crippen LogP) is 5.58.